The molecule has 2 saturated heterocycles. The highest BCUT2D eigenvalue weighted by Gasteiger charge is 2.34. The molecule has 0 spiro atoms. The number of likely N-dealkylation sites (tertiary alicyclic amines) is 2. The van der Waals surface area contributed by atoms with Crippen LogP contribution in [0.25, 0.3) is 0 Å². The molecule has 3 nitrogen and oxygen atoms in total. The molecule has 2 heterocycles. The van der Waals surface area contributed by atoms with Crippen LogP contribution in [0, 0.1) is 5.92 Å². The molecule has 0 aliphatic carbocycles. The highest BCUT2D eigenvalue weighted by molar-refractivity contribution is 9.09. The number of halogens is 1. The Hall–Kier alpha value is -0.0900. The molecule has 1 amide bonds. The van der Waals surface area contributed by atoms with Gasteiger partial charge in [0.1, 0.15) is 0 Å². The first-order valence-corrected chi connectivity index (χ1v) is 6.87. The fraction of sp³-hybridized carbons (Fsp3) is 0.909. The van der Waals surface area contributed by atoms with E-state index < -0.39 is 0 Å². The summed E-state index contributed by atoms with van der Waals surface area (Å²) in [4.78, 5) is 16.3. The van der Waals surface area contributed by atoms with Crippen molar-refractivity contribution >= 4 is 21.8 Å². The largest absolute Gasteiger partial charge is 0.339 e. The zero-order valence-electron chi connectivity index (χ0n) is 9.29. The summed E-state index contributed by atoms with van der Waals surface area (Å²) in [7, 11) is 2.16. The molecule has 0 aromatic carbocycles. The van der Waals surface area contributed by atoms with Gasteiger partial charge in [0, 0.05) is 24.3 Å². The maximum atomic E-state index is 11.8. The van der Waals surface area contributed by atoms with E-state index in [1.54, 1.807) is 0 Å². The second-order valence-electron chi connectivity index (χ2n) is 4.81. The smallest absolute Gasteiger partial charge is 0.223 e. The topological polar surface area (TPSA) is 23.6 Å². The fourth-order valence-electron chi connectivity index (χ4n) is 2.57. The maximum Gasteiger partial charge on any atom is 0.223 e. The number of alkyl halides is 1. The Bertz CT molecular complexity index is 239. The van der Waals surface area contributed by atoms with Gasteiger partial charge in [0.2, 0.25) is 5.91 Å². The first-order chi connectivity index (χ1) is 7.20. The van der Waals surface area contributed by atoms with Crippen molar-refractivity contribution in [1.82, 2.24) is 9.80 Å². The highest BCUT2D eigenvalue weighted by atomic mass is 79.9. The summed E-state index contributed by atoms with van der Waals surface area (Å²) < 4.78 is 0. The van der Waals surface area contributed by atoms with Crippen molar-refractivity contribution in [2.45, 2.75) is 25.3 Å². The van der Waals surface area contributed by atoms with Crippen LogP contribution in [0.2, 0.25) is 0 Å². The van der Waals surface area contributed by atoms with Crippen molar-refractivity contribution in [3.8, 4) is 0 Å². The van der Waals surface area contributed by atoms with Crippen LogP contribution in [0.4, 0.5) is 0 Å². The number of hydrogen-bond acceptors (Lipinski definition) is 2. The number of rotatable bonds is 2. The molecule has 0 aromatic heterocycles. The van der Waals surface area contributed by atoms with Crippen molar-refractivity contribution in [1.29, 1.82) is 0 Å². The molecule has 0 N–H and O–H groups in total. The molecule has 1 unspecified atom stereocenters. The zero-order chi connectivity index (χ0) is 10.8. The SMILES string of the molecule is CN1CCC(N2CC(CBr)CC2=O)CC1. The van der Waals surface area contributed by atoms with Crippen molar-refractivity contribution in [3.05, 3.63) is 0 Å². The van der Waals surface area contributed by atoms with E-state index in [1.165, 1.54) is 0 Å². The minimum atomic E-state index is 0.369. The summed E-state index contributed by atoms with van der Waals surface area (Å²) >= 11 is 3.48. The molecule has 0 radical (unpaired) electrons. The van der Waals surface area contributed by atoms with Gasteiger partial charge in [-0.3, -0.25) is 4.79 Å². The summed E-state index contributed by atoms with van der Waals surface area (Å²) in [5, 5.41) is 0.960. The van der Waals surface area contributed by atoms with Crippen LogP contribution in [0.3, 0.4) is 0 Å². The molecule has 2 rings (SSSR count). The third-order valence-corrected chi connectivity index (χ3v) is 4.50. The minimum absolute atomic E-state index is 0.369. The zero-order valence-corrected chi connectivity index (χ0v) is 10.9. The third-order valence-electron chi connectivity index (χ3n) is 3.59. The van der Waals surface area contributed by atoms with E-state index >= 15 is 0 Å². The average Bonchev–Trinajstić information content (AvgIpc) is 2.61. The summed E-state index contributed by atoms with van der Waals surface area (Å²) in [5.74, 6) is 0.908. The summed E-state index contributed by atoms with van der Waals surface area (Å²) in [6.07, 6.45) is 3.05. The van der Waals surface area contributed by atoms with E-state index in [2.05, 4.69) is 32.8 Å². The first kappa shape index (κ1) is 11.4. The van der Waals surface area contributed by atoms with Gasteiger partial charge < -0.3 is 9.80 Å². The Morgan fingerprint density at radius 1 is 1.40 bits per heavy atom. The van der Waals surface area contributed by atoms with Gasteiger partial charge in [-0.2, -0.15) is 0 Å². The molecular weight excluding hydrogens is 256 g/mol. The normalized spacial score (nSPS) is 30.1. The number of carbonyl (C=O) groups excluding carboxylic acids is 1. The Labute approximate surface area is 99.9 Å². The second kappa shape index (κ2) is 4.83. The van der Waals surface area contributed by atoms with E-state index in [9.17, 15) is 4.79 Å². The molecule has 0 saturated carbocycles. The van der Waals surface area contributed by atoms with Crippen LogP contribution < -0.4 is 0 Å². The first-order valence-electron chi connectivity index (χ1n) is 5.74. The molecule has 2 fully saturated rings. The predicted octanol–water partition coefficient (Wildman–Crippen LogP) is 1.32. The maximum absolute atomic E-state index is 11.8. The lowest BCUT2D eigenvalue weighted by atomic mass is 10.0. The van der Waals surface area contributed by atoms with Crippen LogP contribution in [-0.4, -0.2) is 53.8 Å². The van der Waals surface area contributed by atoms with Crippen molar-refractivity contribution in [3.63, 3.8) is 0 Å². The van der Waals surface area contributed by atoms with E-state index in [1.807, 2.05) is 0 Å². The molecule has 0 aromatic rings. The average molecular weight is 275 g/mol. The fourth-order valence-corrected chi connectivity index (χ4v) is 3.01. The molecule has 1 atom stereocenters. The number of carbonyl (C=O) groups is 1. The summed E-state index contributed by atoms with van der Waals surface area (Å²) in [5.41, 5.74) is 0. The van der Waals surface area contributed by atoms with Gasteiger partial charge in [-0.05, 0) is 38.9 Å². The van der Waals surface area contributed by atoms with Crippen molar-refractivity contribution in [2.75, 3.05) is 32.0 Å². The lowest BCUT2D eigenvalue weighted by Gasteiger charge is -2.35. The molecule has 2 aliphatic rings. The molecule has 0 bridgehead atoms. The van der Waals surface area contributed by atoms with Crippen molar-refractivity contribution < 1.29 is 4.79 Å². The van der Waals surface area contributed by atoms with Crippen molar-refractivity contribution in [2.24, 2.45) is 5.92 Å². The highest BCUT2D eigenvalue weighted by Crippen LogP contribution is 2.25. The van der Waals surface area contributed by atoms with E-state index in [0.29, 0.717) is 17.9 Å². The van der Waals surface area contributed by atoms with Gasteiger partial charge in [0.25, 0.3) is 0 Å². The molecule has 2 aliphatic heterocycles. The Kier molecular flexibility index (Phi) is 3.67. The Morgan fingerprint density at radius 3 is 2.60 bits per heavy atom. The van der Waals surface area contributed by atoms with Crippen LogP contribution in [-0.2, 0) is 4.79 Å². The lowest BCUT2D eigenvalue weighted by molar-refractivity contribution is -0.130. The Morgan fingerprint density at radius 2 is 2.07 bits per heavy atom. The van der Waals surface area contributed by atoms with E-state index in [4.69, 9.17) is 0 Å². The van der Waals surface area contributed by atoms with Gasteiger partial charge in [-0.1, -0.05) is 15.9 Å². The van der Waals surface area contributed by atoms with Crippen LogP contribution in [0.1, 0.15) is 19.3 Å². The third kappa shape index (κ3) is 2.53. The standard InChI is InChI=1S/C11H19BrN2O/c1-13-4-2-10(3-5-13)14-8-9(7-12)6-11(14)15/h9-10H,2-8H2,1H3. The van der Waals surface area contributed by atoms with E-state index in [0.717, 1.165) is 44.2 Å². The molecule has 86 valence electrons. The summed E-state index contributed by atoms with van der Waals surface area (Å²) in [6, 6.07) is 0.512. The van der Waals surface area contributed by atoms with Gasteiger partial charge >= 0.3 is 0 Å². The molecule has 15 heavy (non-hydrogen) atoms. The Balaban J connectivity index is 1.91. The number of nitrogens with zero attached hydrogens (tertiary/aromatic N) is 2. The number of piperidine rings is 1. The molecule has 4 heteroatoms. The van der Waals surface area contributed by atoms with Crippen LogP contribution in [0.15, 0.2) is 0 Å². The van der Waals surface area contributed by atoms with Gasteiger partial charge in [0.15, 0.2) is 0 Å². The minimum Gasteiger partial charge on any atom is -0.339 e. The van der Waals surface area contributed by atoms with Crippen LogP contribution in [0.5, 0.6) is 0 Å². The summed E-state index contributed by atoms with van der Waals surface area (Å²) in [6.45, 7) is 3.24. The van der Waals surface area contributed by atoms with Crippen LogP contribution >= 0.6 is 15.9 Å². The number of hydrogen-bond donors (Lipinski definition) is 0. The van der Waals surface area contributed by atoms with Gasteiger partial charge in [0.05, 0.1) is 0 Å². The quantitative estimate of drug-likeness (QED) is 0.710. The van der Waals surface area contributed by atoms with Gasteiger partial charge in [-0.15, -0.1) is 0 Å². The second-order valence-corrected chi connectivity index (χ2v) is 5.45. The van der Waals surface area contributed by atoms with E-state index in [-0.39, 0.29) is 0 Å². The lowest BCUT2D eigenvalue weighted by Crippen LogP contribution is -2.44. The van der Waals surface area contributed by atoms with Gasteiger partial charge in [-0.25, -0.2) is 0 Å². The predicted molar refractivity (Wildman–Crippen MR) is 64.1 cm³/mol. The molecular formula is C11H19BrN2O. The number of amides is 1. The monoisotopic (exact) mass is 274 g/mol.